The van der Waals surface area contributed by atoms with Gasteiger partial charge in [-0.2, -0.15) is 18.2 Å². The molecule has 4 nitrogen and oxygen atoms in total. The number of alkyl halides is 3. The van der Waals surface area contributed by atoms with Gasteiger partial charge in [-0.05, 0) is 40.6 Å². The lowest BCUT2D eigenvalue weighted by Crippen LogP contribution is -2.37. The van der Waals surface area contributed by atoms with Crippen molar-refractivity contribution in [3.8, 4) is 0 Å². The van der Waals surface area contributed by atoms with E-state index in [9.17, 15) is 13.2 Å². The van der Waals surface area contributed by atoms with E-state index >= 15 is 0 Å². The molecule has 1 atom stereocenters. The number of nitrogens with zero attached hydrogens (tertiary/aromatic N) is 2. The number of halogens is 5. The summed E-state index contributed by atoms with van der Waals surface area (Å²) in [6.07, 6.45) is -3.62. The zero-order valence-corrected chi connectivity index (χ0v) is 11.2. The fourth-order valence-corrected chi connectivity index (χ4v) is 1.61. The van der Waals surface area contributed by atoms with Crippen LogP contribution in [0.5, 0.6) is 0 Å². The predicted molar refractivity (Wildman–Crippen MR) is 64.9 cm³/mol. The number of hydrogen-bond acceptors (Lipinski definition) is 4. The highest BCUT2D eigenvalue weighted by atomic mass is 127. The van der Waals surface area contributed by atoms with Gasteiger partial charge in [0.15, 0.2) is 0 Å². The molecule has 17 heavy (non-hydrogen) atoms. The standard InChI is InChI=1S/C8H8ClF3IN3O/c9-7-14-3-4(13)6(16-7)15-5(1-2-17)8(10,11)12/h3,5,17H,1-2H2,(H,14,15,16). The summed E-state index contributed by atoms with van der Waals surface area (Å²) in [5, 5.41) is 10.7. The number of aliphatic hydroxyl groups excluding tert-OH is 1. The highest BCUT2D eigenvalue weighted by molar-refractivity contribution is 14.1. The Kier molecular flexibility index (Phi) is 5.20. The molecule has 0 spiro atoms. The molecule has 1 rings (SSSR count). The lowest BCUT2D eigenvalue weighted by Gasteiger charge is -2.21. The van der Waals surface area contributed by atoms with Crippen molar-refractivity contribution < 1.29 is 18.3 Å². The lowest BCUT2D eigenvalue weighted by atomic mass is 10.2. The average Bonchev–Trinajstić information content (AvgIpc) is 2.21. The van der Waals surface area contributed by atoms with Crippen molar-refractivity contribution >= 4 is 40.0 Å². The Morgan fingerprint density at radius 1 is 1.53 bits per heavy atom. The number of hydrogen-bond donors (Lipinski definition) is 2. The van der Waals surface area contributed by atoms with E-state index in [0.717, 1.165) is 0 Å². The Morgan fingerprint density at radius 2 is 2.18 bits per heavy atom. The van der Waals surface area contributed by atoms with Crippen LogP contribution in [-0.2, 0) is 0 Å². The van der Waals surface area contributed by atoms with Crippen LogP contribution in [-0.4, -0.2) is 33.9 Å². The first-order valence-corrected chi connectivity index (χ1v) is 5.92. The average molecular weight is 382 g/mol. The quantitative estimate of drug-likeness (QED) is 0.621. The van der Waals surface area contributed by atoms with E-state index < -0.39 is 25.2 Å². The van der Waals surface area contributed by atoms with Crippen molar-refractivity contribution in [1.29, 1.82) is 0 Å². The Labute approximate surface area is 114 Å². The van der Waals surface area contributed by atoms with E-state index in [0.29, 0.717) is 3.57 Å². The van der Waals surface area contributed by atoms with Crippen LogP contribution in [0.4, 0.5) is 19.0 Å². The van der Waals surface area contributed by atoms with Crippen LogP contribution < -0.4 is 5.32 Å². The second-order valence-electron chi connectivity index (χ2n) is 3.09. The summed E-state index contributed by atoms with van der Waals surface area (Å²) in [4.78, 5) is 7.29. The molecule has 0 amide bonds. The maximum absolute atomic E-state index is 12.6. The van der Waals surface area contributed by atoms with E-state index in [1.54, 1.807) is 22.6 Å². The first kappa shape index (κ1) is 14.7. The van der Waals surface area contributed by atoms with Gasteiger partial charge in [-0.3, -0.25) is 0 Å². The maximum Gasteiger partial charge on any atom is 0.408 e. The second-order valence-corrected chi connectivity index (χ2v) is 4.59. The summed E-state index contributed by atoms with van der Waals surface area (Å²) in [6, 6.07) is -1.87. The summed E-state index contributed by atoms with van der Waals surface area (Å²) < 4.78 is 38.1. The van der Waals surface area contributed by atoms with Gasteiger partial charge in [0, 0.05) is 12.8 Å². The molecule has 0 fully saturated rings. The van der Waals surface area contributed by atoms with Gasteiger partial charge in [0.2, 0.25) is 5.28 Å². The Morgan fingerprint density at radius 3 is 2.71 bits per heavy atom. The number of aliphatic hydroxyl groups is 1. The van der Waals surface area contributed by atoms with Gasteiger partial charge in [0.25, 0.3) is 0 Å². The van der Waals surface area contributed by atoms with Crippen molar-refractivity contribution in [2.24, 2.45) is 0 Å². The third-order valence-electron chi connectivity index (χ3n) is 1.84. The minimum absolute atomic E-state index is 0.00127. The SMILES string of the molecule is OCCC(Nc1nc(Cl)ncc1I)C(F)(F)F. The van der Waals surface area contributed by atoms with Gasteiger partial charge >= 0.3 is 6.18 Å². The molecule has 0 aliphatic rings. The summed E-state index contributed by atoms with van der Waals surface area (Å²) in [7, 11) is 0. The smallest absolute Gasteiger partial charge is 0.396 e. The maximum atomic E-state index is 12.6. The monoisotopic (exact) mass is 381 g/mol. The normalized spacial score (nSPS) is 13.5. The number of aromatic nitrogens is 2. The zero-order chi connectivity index (χ0) is 13.1. The van der Waals surface area contributed by atoms with Gasteiger partial charge in [-0.15, -0.1) is 0 Å². The summed E-state index contributed by atoms with van der Waals surface area (Å²) in [6.45, 7) is -0.577. The molecule has 0 bridgehead atoms. The molecule has 0 radical (unpaired) electrons. The predicted octanol–water partition coefficient (Wildman–Crippen LogP) is 2.46. The van der Waals surface area contributed by atoms with Crippen LogP contribution in [0, 0.1) is 3.57 Å². The molecule has 1 heterocycles. The van der Waals surface area contributed by atoms with Gasteiger partial charge in [-0.25, -0.2) is 4.98 Å². The van der Waals surface area contributed by atoms with Crippen LogP contribution in [0.2, 0.25) is 5.28 Å². The topological polar surface area (TPSA) is 58.0 Å². The number of anilines is 1. The Balaban J connectivity index is 2.89. The van der Waals surface area contributed by atoms with Gasteiger partial charge < -0.3 is 10.4 Å². The van der Waals surface area contributed by atoms with E-state index in [2.05, 4.69) is 15.3 Å². The zero-order valence-electron chi connectivity index (χ0n) is 8.30. The summed E-state index contributed by atoms with van der Waals surface area (Å²) in [5.74, 6) is 0.00127. The van der Waals surface area contributed by atoms with Crippen molar-refractivity contribution in [3.63, 3.8) is 0 Å². The van der Waals surface area contributed by atoms with Gasteiger partial charge in [0.05, 0.1) is 3.57 Å². The van der Waals surface area contributed by atoms with Crippen molar-refractivity contribution in [2.45, 2.75) is 18.6 Å². The molecular weight excluding hydrogens is 373 g/mol. The molecule has 0 saturated heterocycles. The third kappa shape index (κ3) is 4.43. The second kappa shape index (κ2) is 6.01. The molecule has 1 aromatic heterocycles. The Hall–Kier alpha value is -0.350. The van der Waals surface area contributed by atoms with E-state index in [-0.39, 0.29) is 11.1 Å². The molecule has 0 aliphatic heterocycles. The van der Waals surface area contributed by atoms with Crippen LogP contribution in [0.3, 0.4) is 0 Å². The van der Waals surface area contributed by atoms with Crippen LogP contribution in [0.15, 0.2) is 6.20 Å². The highest BCUT2D eigenvalue weighted by Crippen LogP contribution is 2.27. The molecule has 2 N–H and O–H groups in total. The minimum Gasteiger partial charge on any atom is -0.396 e. The summed E-state index contributed by atoms with van der Waals surface area (Å²) in [5.41, 5.74) is 0. The van der Waals surface area contributed by atoms with E-state index in [1.165, 1.54) is 6.20 Å². The highest BCUT2D eigenvalue weighted by Gasteiger charge is 2.39. The first-order chi connectivity index (χ1) is 7.84. The molecule has 0 aliphatic carbocycles. The van der Waals surface area contributed by atoms with Crippen LogP contribution in [0.25, 0.3) is 0 Å². The van der Waals surface area contributed by atoms with E-state index in [4.69, 9.17) is 16.7 Å². The molecular formula is C8H8ClF3IN3O. The summed E-state index contributed by atoms with van der Waals surface area (Å²) >= 11 is 7.29. The molecule has 9 heteroatoms. The van der Waals surface area contributed by atoms with E-state index in [1.807, 2.05) is 0 Å². The van der Waals surface area contributed by atoms with Gasteiger partial charge in [-0.1, -0.05) is 0 Å². The van der Waals surface area contributed by atoms with Crippen molar-refractivity contribution in [3.05, 3.63) is 15.1 Å². The van der Waals surface area contributed by atoms with Crippen LogP contribution >= 0.6 is 34.2 Å². The number of rotatable bonds is 4. The minimum atomic E-state index is -4.47. The van der Waals surface area contributed by atoms with Crippen molar-refractivity contribution in [2.75, 3.05) is 11.9 Å². The molecule has 1 unspecified atom stereocenters. The molecule has 96 valence electrons. The fourth-order valence-electron chi connectivity index (χ4n) is 1.06. The largest absolute Gasteiger partial charge is 0.408 e. The number of nitrogens with one attached hydrogen (secondary N) is 1. The van der Waals surface area contributed by atoms with Gasteiger partial charge in [0.1, 0.15) is 11.9 Å². The molecule has 1 aromatic rings. The molecule has 0 aromatic carbocycles. The molecule has 0 saturated carbocycles. The lowest BCUT2D eigenvalue weighted by molar-refractivity contribution is -0.145. The Bertz CT molecular complexity index is 391. The first-order valence-electron chi connectivity index (χ1n) is 4.46. The fraction of sp³-hybridized carbons (Fsp3) is 0.500. The third-order valence-corrected chi connectivity index (χ3v) is 2.81. The van der Waals surface area contributed by atoms with Crippen molar-refractivity contribution in [1.82, 2.24) is 9.97 Å². The van der Waals surface area contributed by atoms with Crippen LogP contribution in [0.1, 0.15) is 6.42 Å².